The van der Waals surface area contributed by atoms with Crippen LogP contribution in [0.3, 0.4) is 0 Å². The summed E-state index contributed by atoms with van der Waals surface area (Å²) in [5.41, 5.74) is 22.1. The SMILES string of the molecule is NC(=O)CCC(NC(=O)C(N)CCCN=C(N)N)C(=O)NC(CC(=O)O)C(=O)NC(Cc1ccccc1)C(=O)O. The first-order valence-corrected chi connectivity index (χ1v) is 12.3. The molecule has 0 saturated carbocycles. The average molecular weight is 565 g/mol. The first-order valence-electron chi connectivity index (χ1n) is 12.3. The van der Waals surface area contributed by atoms with Crippen LogP contribution in [0.2, 0.25) is 0 Å². The molecule has 0 heterocycles. The van der Waals surface area contributed by atoms with Crippen molar-refractivity contribution in [2.45, 2.75) is 62.7 Å². The molecule has 0 radical (unpaired) electrons. The number of rotatable bonds is 18. The van der Waals surface area contributed by atoms with Crippen molar-refractivity contribution in [3.05, 3.63) is 35.9 Å². The molecular weight excluding hydrogens is 528 g/mol. The summed E-state index contributed by atoms with van der Waals surface area (Å²) in [5.74, 6) is -6.58. The molecule has 1 rings (SSSR count). The lowest BCUT2D eigenvalue weighted by Crippen LogP contribution is -2.57. The smallest absolute Gasteiger partial charge is 0.326 e. The van der Waals surface area contributed by atoms with Gasteiger partial charge in [-0.1, -0.05) is 30.3 Å². The number of aliphatic imine (C=N–C) groups is 1. The Kier molecular flexibility index (Phi) is 14.1. The number of amides is 4. The highest BCUT2D eigenvalue weighted by molar-refractivity contribution is 5.95. The molecular formula is C24H36N8O8. The molecule has 16 heteroatoms. The highest BCUT2D eigenvalue weighted by Crippen LogP contribution is 2.06. The van der Waals surface area contributed by atoms with Crippen molar-refractivity contribution < 1.29 is 39.0 Å². The summed E-state index contributed by atoms with van der Waals surface area (Å²) in [5, 5.41) is 25.6. The molecule has 1 aromatic carbocycles. The van der Waals surface area contributed by atoms with E-state index in [1.54, 1.807) is 30.3 Å². The molecule has 0 aliphatic rings. The van der Waals surface area contributed by atoms with E-state index >= 15 is 0 Å². The number of carboxylic acid groups (broad SMARTS) is 2. The van der Waals surface area contributed by atoms with Crippen LogP contribution < -0.4 is 38.9 Å². The lowest BCUT2D eigenvalue weighted by molar-refractivity contribution is -0.143. The fourth-order valence-electron chi connectivity index (χ4n) is 3.46. The zero-order chi connectivity index (χ0) is 30.2. The quantitative estimate of drug-likeness (QED) is 0.0488. The summed E-state index contributed by atoms with van der Waals surface area (Å²) in [4.78, 5) is 76.7. The van der Waals surface area contributed by atoms with Crippen molar-refractivity contribution in [3.63, 3.8) is 0 Å². The van der Waals surface area contributed by atoms with Gasteiger partial charge in [-0.15, -0.1) is 0 Å². The highest BCUT2D eigenvalue weighted by atomic mass is 16.4. The number of nitrogens with two attached hydrogens (primary N) is 4. The lowest BCUT2D eigenvalue weighted by atomic mass is 10.0. The molecule has 1 aromatic rings. The van der Waals surface area contributed by atoms with Crippen LogP contribution in [0.5, 0.6) is 0 Å². The standard InChI is InChI=1S/C24H36N8O8/c25-14(7-4-10-29-24(27)28)20(36)30-15(8-9-18(26)33)21(37)31-16(12-19(34)35)22(38)32-17(23(39)40)11-13-5-2-1-3-6-13/h1-3,5-6,14-17H,4,7-12,25H2,(H2,26,33)(H,30,36)(H,31,37)(H,32,38)(H,34,35)(H,39,40)(H4,27,28,29). The van der Waals surface area contributed by atoms with E-state index in [4.69, 9.17) is 22.9 Å². The highest BCUT2D eigenvalue weighted by Gasteiger charge is 2.31. The number of hydrogen-bond acceptors (Lipinski definition) is 8. The van der Waals surface area contributed by atoms with Crippen LogP contribution in [0.25, 0.3) is 0 Å². The molecule has 0 aliphatic carbocycles. The van der Waals surface area contributed by atoms with Crippen LogP contribution in [-0.4, -0.2) is 82.5 Å². The van der Waals surface area contributed by atoms with Crippen LogP contribution in [-0.2, 0) is 35.2 Å². The second-order valence-electron chi connectivity index (χ2n) is 8.87. The minimum Gasteiger partial charge on any atom is -0.481 e. The largest absolute Gasteiger partial charge is 0.481 e. The number of carboxylic acids is 2. The number of primary amides is 1. The number of carbonyl (C=O) groups excluding carboxylic acids is 4. The van der Waals surface area contributed by atoms with Crippen molar-refractivity contribution in [2.24, 2.45) is 27.9 Å². The maximum Gasteiger partial charge on any atom is 0.326 e. The van der Waals surface area contributed by atoms with Crippen molar-refractivity contribution in [3.8, 4) is 0 Å². The normalized spacial score (nSPS) is 13.5. The van der Waals surface area contributed by atoms with E-state index < -0.39 is 66.2 Å². The molecule has 0 aromatic heterocycles. The third-order valence-electron chi connectivity index (χ3n) is 5.53. The molecule has 220 valence electrons. The van der Waals surface area contributed by atoms with Gasteiger partial charge in [0.05, 0.1) is 12.5 Å². The van der Waals surface area contributed by atoms with E-state index in [2.05, 4.69) is 20.9 Å². The van der Waals surface area contributed by atoms with E-state index in [0.29, 0.717) is 12.0 Å². The second kappa shape index (κ2) is 17.0. The number of carbonyl (C=O) groups is 6. The lowest BCUT2D eigenvalue weighted by Gasteiger charge is -2.24. The third-order valence-corrected chi connectivity index (χ3v) is 5.53. The van der Waals surface area contributed by atoms with Crippen molar-refractivity contribution >= 4 is 41.5 Å². The average Bonchev–Trinajstić information content (AvgIpc) is 2.87. The molecule has 40 heavy (non-hydrogen) atoms. The van der Waals surface area contributed by atoms with Gasteiger partial charge in [-0.2, -0.15) is 0 Å². The predicted octanol–water partition coefficient (Wildman–Crippen LogP) is -3.11. The summed E-state index contributed by atoms with van der Waals surface area (Å²) in [6.45, 7) is 0.211. The molecule has 13 N–H and O–H groups in total. The van der Waals surface area contributed by atoms with Crippen LogP contribution >= 0.6 is 0 Å². The van der Waals surface area contributed by atoms with Gasteiger partial charge in [0, 0.05) is 19.4 Å². The van der Waals surface area contributed by atoms with Gasteiger partial charge < -0.3 is 49.1 Å². The summed E-state index contributed by atoms with van der Waals surface area (Å²) in [6.07, 6.45) is -1.11. The fraction of sp³-hybridized carbons (Fsp3) is 0.458. The molecule has 4 amide bonds. The Morgan fingerprint density at radius 3 is 1.93 bits per heavy atom. The molecule has 0 saturated heterocycles. The zero-order valence-electron chi connectivity index (χ0n) is 21.7. The molecule has 4 unspecified atom stereocenters. The van der Waals surface area contributed by atoms with Gasteiger partial charge in [-0.05, 0) is 24.8 Å². The Morgan fingerprint density at radius 2 is 1.38 bits per heavy atom. The molecule has 0 fully saturated rings. The first-order chi connectivity index (χ1) is 18.8. The Morgan fingerprint density at radius 1 is 0.800 bits per heavy atom. The number of nitrogens with zero attached hydrogens (tertiary/aromatic N) is 1. The van der Waals surface area contributed by atoms with Crippen molar-refractivity contribution in [1.82, 2.24) is 16.0 Å². The Hall–Kier alpha value is -4.73. The minimum absolute atomic E-state index is 0.103. The van der Waals surface area contributed by atoms with E-state index in [0.717, 1.165) is 0 Å². The fourth-order valence-corrected chi connectivity index (χ4v) is 3.46. The van der Waals surface area contributed by atoms with Gasteiger partial charge in [-0.3, -0.25) is 29.0 Å². The number of hydrogen-bond donors (Lipinski definition) is 9. The van der Waals surface area contributed by atoms with E-state index in [1.165, 1.54) is 0 Å². The summed E-state index contributed by atoms with van der Waals surface area (Å²) >= 11 is 0. The van der Waals surface area contributed by atoms with Crippen molar-refractivity contribution in [1.29, 1.82) is 0 Å². The van der Waals surface area contributed by atoms with E-state index in [9.17, 15) is 39.0 Å². The van der Waals surface area contributed by atoms with Crippen LogP contribution in [0.1, 0.15) is 37.7 Å². The van der Waals surface area contributed by atoms with Crippen LogP contribution in [0, 0.1) is 0 Å². The number of benzene rings is 1. The molecule has 0 aliphatic heterocycles. The van der Waals surface area contributed by atoms with E-state index in [-0.39, 0.29) is 38.2 Å². The van der Waals surface area contributed by atoms with Crippen LogP contribution in [0.4, 0.5) is 0 Å². The summed E-state index contributed by atoms with van der Waals surface area (Å²) in [6, 6.07) is 2.77. The van der Waals surface area contributed by atoms with Gasteiger partial charge in [0.15, 0.2) is 5.96 Å². The minimum atomic E-state index is -1.70. The third kappa shape index (κ3) is 13.2. The Balaban J connectivity index is 2.98. The Bertz CT molecular complexity index is 1080. The maximum absolute atomic E-state index is 13.0. The van der Waals surface area contributed by atoms with Gasteiger partial charge in [0.1, 0.15) is 18.1 Å². The van der Waals surface area contributed by atoms with E-state index in [1.807, 2.05) is 0 Å². The number of guanidine groups is 1. The van der Waals surface area contributed by atoms with Gasteiger partial charge >= 0.3 is 11.9 Å². The molecule has 16 nitrogen and oxygen atoms in total. The second-order valence-corrected chi connectivity index (χ2v) is 8.87. The summed E-state index contributed by atoms with van der Waals surface area (Å²) in [7, 11) is 0. The molecule has 0 spiro atoms. The molecule has 4 atom stereocenters. The monoisotopic (exact) mass is 564 g/mol. The first kappa shape index (κ1) is 33.3. The van der Waals surface area contributed by atoms with Gasteiger partial charge in [0.25, 0.3) is 0 Å². The topological polar surface area (TPSA) is 295 Å². The summed E-state index contributed by atoms with van der Waals surface area (Å²) < 4.78 is 0. The van der Waals surface area contributed by atoms with Gasteiger partial charge in [-0.25, -0.2) is 4.79 Å². The van der Waals surface area contributed by atoms with Crippen LogP contribution in [0.15, 0.2) is 35.3 Å². The zero-order valence-corrected chi connectivity index (χ0v) is 21.7. The number of nitrogens with one attached hydrogen (secondary N) is 3. The van der Waals surface area contributed by atoms with Gasteiger partial charge in [0.2, 0.25) is 23.6 Å². The molecule has 0 bridgehead atoms. The predicted molar refractivity (Wildman–Crippen MR) is 142 cm³/mol. The maximum atomic E-state index is 13.0. The number of aliphatic carboxylic acids is 2. The Labute approximate surface area is 229 Å². The van der Waals surface area contributed by atoms with Crippen molar-refractivity contribution in [2.75, 3.05) is 6.54 Å².